The predicted molar refractivity (Wildman–Crippen MR) is 204 cm³/mol. The average molecular weight is 845 g/mol. The molecule has 0 spiro atoms. The highest BCUT2D eigenvalue weighted by Gasteiger charge is 2.69. The fourth-order valence-electron chi connectivity index (χ4n) is 9.97. The van der Waals surface area contributed by atoms with Crippen molar-refractivity contribution in [1.29, 1.82) is 0 Å². The van der Waals surface area contributed by atoms with Crippen LogP contribution in [0.5, 0.6) is 5.75 Å². The highest BCUT2D eigenvalue weighted by Crippen LogP contribution is 2.54. The zero-order valence-corrected chi connectivity index (χ0v) is 34.3. The van der Waals surface area contributed by atoms with Crippen molar-refractivity contribution in [3.05, 3.63) is 52.6 Å². The van der Waals surface area contributed by atoms with E-state index in [0.717, 1.165) is 0 Å². The van der Waals surface area contributed by atoms with Gasteiger partial charge in [-0.25, -0.2) is 0 Å². The molecule has 1 aromatic carbocycles. The topological polar surface area (TPSA) is 246 Å². The molecule has 17 atom stereocenters. The first-order chi connectivity index (χ1) is 28.3. The Labute approximate surface area is 347 Å². The molecule has 0 bridgehead atoms. The van der Waals surface area contributed by atoms with Crippen molar-refractivity contribution in [1.82, 2.24) is 0 Å². The summed E-state index contributed by atoms with van der Waals surface area (Å²) in [5, 5.41) is 65.1. The van der Waals surface area contributed by atoms with E-state index in [-0.39, 0.29) is 47.6 Å². The Morgan fingerprint density at radius 3 is 1.93 bits per heavy atom. The van der Waals surface area contributed by atoms with Crippen molar-refractivity contribution in [2.75, 3.05) is 0 Å². The zero-order valence-electron chi connectivity index (χ0n) is 34.3. The van der Waals surface area contributed by atoms with Gasteiger partial charge in [0.2, 0.25) is 0 Å². The Morgan fingerprint density at radius 2 is 1.28 bits per heavy atom. The fourth-order valence-corrected chi connectivity index (χ4v) is 9.97. The third kappa shape index (κ3) is 7.73. The number of phenols is 1. The molecule has 5 fully saturated rings. The van der Waals surface area contributed by atoms with Gasteiger partial charge < -0.3 is 68.5 Å². The van der Waals surface area contributed by atoms with Gasteiger partial charge in [-0.3, -0.25) is 14.4 Å². The number of carbonyl (C=O) groups is 3. The molecule has 8 rings (SSSR count). The number of hydrogen-bond acceptors (Lipinski definition) is 17. The smallest absolute Gasteiger partial charge is 0.198 e. The molecule has 3 aliphatic carbocycles. The Morgan fingerprint density at radius 1 is 0.700 bits per heavy atom. The number of aliphatic hydroxyl groups is 5. The van der Waals surface area contributed by atoms with Crippen molar-refractivity contribution < 1.29 is 82.9 Å². The summed E-state index contributed by atoms with van der Waals surface area (Å²) < 4.78 is 49.5. The molecule has 0 amide bonds. The van der Waals surface area contributed by atoms with Gasteiger partial charge in [0, 0.05) is 49.7 Å². The number of rotatable bonds is 8. The Balaban J connectivity index is 0.920. The Kier molecular flexibility index (Phi) is 11.8. The Hall–Kier alpha value is -3.01. The molecule has 60 heavy (non-hydrogen) atoms. The summed E-state index contributed by atoms with van der Waals surface area (Å²) in [6, 6.07) is 4.05. The number of fused-ring (bicyclic) bond motifs is 3. The van der Waals surface area contributed by atoms with E-state index in [1.165, 1.54) is 37.3 Å². The molecular formula is C43H56O17. The van der Waals surface area contributed by atoms with Crippen LogP contribution in [0.3, 0.4) is 0 Å². The van der Waals surface area contributed by atoms with Crippen molar-refractivity contribution in [3.8, 4) is 5.75 Å². The second-order valence-electron chi connectivity index (χ2n) is 17.8. The number of Topliss-reactive ketones (excluding diaryl/α,β-unsaturated/α-hetero) is 3. The summed E-state index contributed by atoms with van der Waals surface area (Å²) in [5.74, 6) is -2.69. The summed E-state index contributed by atoms with van der Waals surface area (Å²) in [7, 11) is 0. The molecule has 1 saturated carbocycles. The van der Waals surface area contributed by atoms with Crippen LogP contribution in [0, 0.1) is 0 Å². The van der Waals surface area contributed by atoms with Crippen LogP contribution in [0.1, 0.15) is 107 Å². The lowest BCUT2D eigenvalue weighted by atomic mass is 9.57. The van der Waals surface area contributed by atoms with Gasteiger partial charge in [-0.1, -0.05) is 18.2 Å². The van der Waals surface area contributed by atoms with Crippen LogP contribution in [0.25, 0.3) is 0 Å². The van der Waals surface area contributed by atoms with Gasteiger partial charge >= 0.3 is 0 Å². The average Bonchev–Trinajstić information content (AvgIpc) is 3.16. The molecular weight excluding hydrogens is 788 g/mol. The molecule has 4 saturated heterocycles. The second-order valence-corrected chi connectivity index (χ2v) is 17.8. The summed E-state index contributed by atoms with van der Waals surface area (Å²) in [6.45, 7) is 8.38. The molecule has 7 aliphatic rings. The van der Waals surface area contributed by atoms with E-state index in [2.05, 4.69) is 0 Å². The molecule has 330 valence electrons. The van der Waals surface area contributed by atoms with Gasteiger partial charge in [0.1, 0.15) is 23.6 Å². The zero-order chi connectivity index (χ0) is 43.1. The first-order valence-corrected chi connectivity index (χ1v) is 20.9. The van der Waals surface area contributed by atoms with E-state index in [4.69, 9.17) is 37.9 Å². The van der Waals surface area contributed by atoms with Crippen molar-refractivity contribution >= 4 is 17.3 Å². The lowest BCUT2D eigenvalue weighted by Crippen LogP contribution is -2.71. The van der Waals surface area contributed by atoms with E-state index < -0.39 is 133 Å². The summed E-state index contributed by atoms with van der Waals surface area (Å²) in [5.41, 5.74) is -7.26. The van der Waals surface area contributed by atoms with E-state index in [0.29, 0.717) is 19.3 Å². The molecule has 1 aromatic rings. The molecule has 0 radical (unpaired) electrons. The minimum absolute atomic E-state index is 0.134. The van der Waals surface area contributed by atoms with E-state index in [1.54, 1.807) is 20.8 Å². The maximum absolute atomic E-state index is 14.3. The van der Waals surface area contributed by atoms with Gasteiger partial charge in [0.05, 0.1) is 65.6 Å². The maximum Gasteiger partial charge on any atom is 0.198 e. The minimum atomic E-state index is -2.42. The molecule has 4 heterocycles. The summed E-state index contributed by atoms with van der Waals surface area (Å²) >= 11 is 0. The summed E-state index contributed by atoms with van der Waals surface area (Å²) in [6.07, 6.45) is -6.82. The van der Waals surface area contributed by atoms with Crippen LogP contribution in [0.2, 0.25) is 0 Å². The highest BCUT2D eigenvalue weighted by molar-refractivity contribution is 6.31. The van der Waals surface area contributed by atoms with Gasteiger partial charge in [-0.15, -0.1) is 0 Å². The van der Waals surface area contributed by atoms with Gasteiger partial charge in [-0.05, 0) is 59.6 Å². The monoisotopic (exact) mass is 844 g/mol. The van der Waals surface area contributed by atoms with Crippen LogP contribution in [0.15, 0.2) is 41.5 Å². The first-order valence-electron chi connectivity index (χ1n) is 20.9. The lowest BCUT2D eigenvalue weighted by Gasteiger charge is -2.55. The largest absolute Gasteiger partial charge is 0.507 e. The third-order valence-corrected chi connectivity index (χ3v) is 13.1. The Bertz CT molecular complexity index is 1900. The van der Waals surface area contributed by atoms with Crippen molar-refractivity contribution in [2.24, 2.45) is 0 Å². The number of phenolic OH excluding ortho intramolecular Hbond substituents is 1. The van der Waals surface area contributed by atoms with Gasteiger partial charge in [-0.2, -0.15) is 0 Å². The van der Waals surface area contributed by atoms with E-state index >= 15 is 0 Å². The number of hydrogen-bond donors (Lipinski definition) is 6. The van der Waals surface area contributed by atoms with Crippen LogP contribution >= 0.6 is 0 Å². The quantitative estimate of drug-likeness (QED) is 0.218. The number of aliphatic hydroxyl groups excluding tert-OH is 3. The fraction of sp³-hybridized carbons (Fsp3) is 0.698. The van der Waals surface area contributed by atoms with Gasteiger partial charge in [0.25, 0.3) is 0 Å². The number of allylic oxidation sites excluding steroid dienone is 2. The summed E-state index contributed by atoms with van der Waals surface area (Å²) in [4.78, 5) is 42.4. The van der Waals surface area contributed by atoms with Gasteiger partial charge in [0.15, 0.2) is 48.1 Å². The first kappa shape index (κ1) is 43.6. The molecule has 17 heteroatoms. The van der Waals surface area contributed by atoms with Crippen molar-refractivity contribution in [2.45, 2.75) is 189 Å². The van der Waals surface area contributed by atoms with Crippen LogP contribution in [-0.2, 0) is 42.7 Å². The molecule has 6 N–H and O–H groups in total. The predicted octanol–water partition coefficient (Wildman–Crippen LogP) is 1.80. The molecule has 0 aromatic heterocycles. The normalized spacial score (nSPS) is 45.9. The van der Waals surface area contributed by atoms with Crippen LogP contribution in [0.4, 0.5) is 0 Å². The number of ether oxygens (including phenoxy) is 8. The molecule has 4 aliphatic heterocycles. The standard InChI is InChI=1S/C43H56O17/c1-19-27(57-33-15-26(45)37(47)21(3)55-33)9-11-31(53-19)59-29-16-34(56-22(4)38(29)48)58-28-10-12-32(54-20(28)2)60-43-30(46)17-41(5,51)18-42(43,52)14-13-24-36(43)40(50)23-7-6-8-25(44)35(23)39(24)49/h6-8,13-14,19-22,26-29,31-34,37-38,44-45,47-48,51-52H,9-12,15-18H2,1-5H3/t19-,20-,21+,22+,26+,27-,28-,29+,31-,32-,33-,34-,37+,38+,41-,42-,43-/m0/s1. The van der Waals surface area contributed by atoms with Crippen LogP contribution in [-0.4, -0.2) is 151 Å². The number of carbonyl (C=O) groups excluding carboxylic acids is 3. The number of benzene rings is 1. The van der Waals surface area contributed by atoms with E-state index in [9.17, 15) is 45.0 Å². The van der Waals surface area contributed by atoms with Crippen LogP contribution < -0.4 is 0 Å². The second kappa shape index (κ2) is 16.3. The van der Waals surface area contributed by atoms with Crippen molar-refractivity contribution in [3.63, 3.8) is 0 Å². The number of ketones is 3. The third-order valence-electron chi connectivity index (χ3n) is 13.1. The van der Waals surface area contributed by atoms with E-state index in [1.807, 2.05) is 6.92 Å². The maximum atomic E-state index is 14.3. The molecule has 0 unspecified atom stereocenters. The molecule has 17 nitrogen and oxygen atoms in total. The highest BCUT2D eigenvalue weighted by atomic mass is 16.7. The number of aromatic hydroxyl groups is 1. The SMILES string of the molecule is C[C@@H]1O[C@@H](O[C@]23C(=O)C[C@](C)(O)C[C@@]2(O)C=CC2=C3C(=O)c3cccc(O)c3C2=O)CC[C@@H]1O[C@H]1C[C@@H](O[C@H]2CC[C@H](O[C@H]3C[C@@H](O)[C@H](O)[C@@H](C)O3)[C@H](C)O2)[C@H](O)[C@@H](C)O1. The minimum Gasteiger partial charge on any atom is -0.507 e. The lowest BCUT2D eigenvalue weighted by molar-refractivity contribution is -0.330.